The van der Waals surface area contributed by atoms with Crippen molar-refractivity contribution in [2.24, 2.45) is 0 Å². The zero-order valence-corrected chi connectivity index (χ0v) is 12.6. The number of benzene rings is 1. The molecule has 0 aromatic heterocycles. The number of hydrogen-bond donors (Lipinski definition) is 0. The smallest absolute Gasteiger partial charge is 0.294 e. The molecule has 0 bridgehead atoms. The van der Waals surface area contributed by atoms with Crippen molar-refractivity contribution >= 4 is 11.4 Å². The lowest BCUT2D eigenvalue weighted by atomic mass is 9.98. The lowest BCUT2D eigenvalue weighted by Crippen LogP contribution is -2.37. The van der Waals surface area contributed by atoms with E-state index in [9.17, 15) is 15.4 Å². The number of hydrogen-bond acceptors (Lipinski definition) is 6. The molecule has 2 aliphatic rings. The normalized spacial score (nSPS) is 19.2. The minimum Gasteiger partial charge on any atom is -0.486 e. The molecule has 0 N–H and O–H groups in total. The summed E-state index contributed by atoms with van der Waals surface area (Å²) in [5, 5.41) is 21.1. The molecule has 0 saturated carbocycles. The molecule has 2 heterocycles. The van der Waals surface area contributed by atoms with Gasteiger partial charge in [0, 0.05) is 31.1 Å². The third-order valence-electron chi connectivity index (χ3n) is 3.94. The van der Waals surface area contributed by atoms with Crippen LogP contribution in [0, 0.1) is 21.4 Å². The van der Waals surface area contributed by atoms with Crippen molar-refractivity contribution in [2.75, 3.05) is 31.2 Å². The topological polar surface area (TPSA) is 88.6 Å². The molecule has 1 aromatic rings. The van der Waals surface area contributed by atoms with Gasteiger partial charge >= 0.3 is 0 Å². The van der Waals surface area contributed by atoms with Crippen LogP contribution in [0.15, 0.2) is 6.07 Å². The molecule has 7 nitrogen and oxygen atoms in total. The van der Waals surface area contributed by atoms with Crippen LogP contribution in [0.3, 0.4) is 0 Å². The van der Waals surface area contributed by atoms with Crippen LogP contribution in [0.25, 0.3) is 0 Å². The van der Waals surface area contributed by atoms with Gasteiger partial charge in [0.2, 0.25) is 0 Å². The quantitative estimate of drug-likeness (QED) is 0.613. The number of rotatable bonds is 2. The van der Waals surface area contributed by atoms with Gasteiger partial charge in [-0.15, -0.1) is 0 Å². The maximum Gasteiger partial charge on any atom is 0.294 e. The van der Waals surface area contributed by atoms with E-state index in [4.69, 9.17) is 9.47 Å². The Morgan fingerprint density at radius 1 is 1.41 bits per heavy atom. The Labute approximate surface area is 128 Å². The first-order chi connectivity index (χ1) is 10.4. The van der Waals surface area contributed by atoms with E-state index in [1.54, 1.807) is 6.07 Å². The molecule has 1 aromatic carbocycles. The van der Waals surface area contributed by atoms with Crippen molar-refractivity contribution in [1.82, 2.24) is 0 Å². The molecule has 0 unspecified atom stereocenters. The summed E-state index contributed by atoms with van der Waals surface area (Å²) in [4.78, 5) is 12.9. The highest BCUT2D eigenvalue weighted by molar-refractivity contribution is 5.78. The fraction of sp³-hybridized carbons (Fsp3) is 0.533. The average molecular weight is 303 g/mol. The van der Waals surface area contributed by atoms with Crippen LogP contribution >= 0.6 is 0 Å². The minimum atomic E-state index is -0.453. The summed E-state index contributed by atoms with van der Waals surface area (Å²) in [6.07, 6.45) is 0.557. The largest absolute Gasteiger partial charge is 0.486 e. The third-order valence-corrected chi connectivity index (χ3v) is 3.94. The maximum atomic E-state index is 11.5. The number of nitrogens with zero attached hydrogens (tertiary/aromatic N) is 3. The molecule has 0 amide bonds. The molecule has 1 saturated heterocycles. The number of anilines is 1. The Morgan fingerprint density at radius 2 is 2.09 bits per heavy atom. The second-order valence-electron chi connectivity index (χ2n) is 6.11. The van der Waals surface area contributed by atoms with E-state index < -0.39 is 10.5 Å². The van der Waals surface area contributed by atoms with Crippen molar-refractivity contribution in [3.8, 4) is 11.8 Å². The van der Waals surface area contributed by atoms with Gasteiger partial charge in [0.1, 0.15) is 28.7 Å². The molecular weight excluding hydrogens is 286 g/mol. The van der Waals surface area contributed by atoms with Crippen LogP contribution in [-0.2, 0) is 11.2 Å². The standard InChI is InChI=1S/C15H17N3O4/c1-15(2)8-10-7-12(18(19)20)13(11(9-16)14(10)22-15)17-3-5-21-6-4-17/h7H,3-6,8H2,1-2H3. The van der Waals surface area contributed by atoms with Crippen molar-refractivity contribution in [2.45, 2.75) is 25.9 Å². The summed E-state index contributed by atoms with van der Waals surface area (Å²) >= 11 is 0. The van der Waals surface area contributed by atoms with E-state index in [1.165, 1.54) is 0 Å². The minimum absolute atomic E-state index is 0.0292. The van der Waals surface area contributed by atoms with E-state index in [0.717, 1.165) is 5.56 Å². The SMILES string of the molecule is CC1(C)Cc2cc([N+](=O)[O-])c(N3CCOCC3)c(C#N)c2O1. The van der Waals surface area contributed by atoms with Crippen molar-refractivity contribution in [1.29, 1.82) is 5.26 Å². The fourth-order valence-corrected chi connectivity index (χ4v) is 3.06. The number of nitriles is 1. The van der Waals surface area contributed by atoms with E-state index in [2.05, 4.69) is 6.07 Å². The fourth-order valence-electron chi connectivity index (χ4n) is 3.06. The Morgan fingerprint density at radius 3 is 2.68 bits per heavy atom. The maximum absolute atomic E-state index is 11.5. The van der Waals surface area contributed by atoms with Gasteiger partial charge in [0.15, 0.2) is 0 Å². The van der Waals surface area contributed by atoms with Crippen LogP contribution in [0.1, 0.15) is 25.0 Å². The second-order valence-corrected chi connectivity index (χ2v) is 6.11. The Balaban J connectivity index is 2.19. The van der Waals surface area contributed by atoms with Crippen molar-refractivity contribution in [3.63, 3.8) is 0 Å². The lowest BCUT2D eigenvalue weighted by molar-refractivity contribution is -0.384. The highest BCUT2D eigenvalue weighted by Gasteiger charge is 2.38. The van der Waals surface area contributed by atoms with Crippen LogP contribution in [0.4, 0.5) is 11.4 Å². The van der Waals surface area contributed by atoms with Crippen LogP contribution < -0.4 is 9.64 Å². The average Bonchev–Trinajstić information content (AvgIpc) is 2.79. The van der Waals surface area contributed by atoms with Crippen molar-refractivity contribution in [3.05, 3.63) is 27.3 Å². The lowest BCUT2D eigenvalue weighted by Gasteiger charge is -2.29. The molecule has 2 aliphatic heterocycles. The number of nitro groups is 1. The van der Waals surface area contributed by atoms with Gasteiger partial charge in [0.05, 0.1) is 18.1 Å². The molecule has 0 spiro atoms. The Hall–Kier alpha value is -2.33. The summed E-state index contributed by atoms with van der Waals surface area (Å²) in [5.74, 6) is 0.486. The van der Waals surface area contributed by atoms with Gasteiger partial charge < -0.3 is 14.4 Å². The van der Waals surface area contributed by atoms with Crippen LogP contribution in [0.2, 0.25) is 0 Å². The van der Waals surface area contributed by atoms with E-state index in [1.807, 2.05) is 18.7 Å². The molecule has 0 aliphatic carbocycles. The predicted molar refractivity (Wildman–Crippen MR) is 79.3 cm³/mol. The molecular formula is C15H17N3O4. The third kappa shape index (κ3) is 2.35. The molecule has 7 heteroatoms. The van der Waals surface area contributed by atoms with Gasteiger partial charge in [-0.05, 0) is 13.8 Å². The zero-order chi connectivity index (χ0) is 15.9. The first-order valence-corrected chi connectivity index (χ1v) is 7.19. The molecule has 0 radical (unpaired) electrons. The zero-order valence-electron chi connectivity index (χ0n) is 12.6. The highest BCUT2D eigenvalue weighted by Crippen LogP contribution is 2.46. The second kappa shape index (κ2) is 5.14. The summed E-state index contributed by atoms with van der Waals surface area (Å²) in [5.41, 5.74) is 0.860. The van der Waals surface area contributed by atoms with Gasteiger partial charge in [-0.25, -0.2) is 0 Å². The molecule has 116 valence electrons. The van der Waals surface area contributed by atoms with E-state index >= 15 is 0 Å². The molecule has 22 heavy (non-hydrogen) atoms. The summed E-state index contributed by atoms with van der Waals surface area (Å²) < 4.78 is 11.2. The van der Waals surface area contributed by atoms with Gasteiger partial charge in [-0.1, -0.05) is 0 Å². The number of morpholine rings is 1. The van der Waals surface area contributed by atoms with Crippen molar-refractivity contribution < 1.29 is 14.4 Å². The van der Waals surface area contributed by atoms with Crippen LogP contribution in [-0.4, -0.2) is 36.8 Å². The van der Waals surface area contributed by atoms with Crippen LogP contribution in [0.5, 0.6) is 5.75 Å². The summed E-state index contributed by atoms with van der Waals surface area (Å²) in [7, 11) is 0. The monoisotopic (exact) mass is 303 g/mol. The first-order valence-electron chi connectivity index (χ1n) is 7.19. The van der Waals surface area contributed by atoms with Gasteiger partial charge in [0.25, 0.3) is 5.69 Å². The number of nitro benzene ring substituents is 1. The first kappa shape index (κ1) is 14.6. The Kier molecular flexibility index (Phi) is 3.41. The summed E-state index contributed by atoms with van der Waals surface area (Å²) in [6, 6.07) is 3.67. The molecule has 0 atom stereocenters. The highest BCUT2D eigenvalue weighted by atomic mass is 16.6. The number of ether oxygens (including phenoxy) is 2. The van der Waals surface area contributed by atoms with E-state index in [0.29, 0.717) is 44.2 Å². The molecule has 3 rings (SSSR count). The van der Waals surface area contributed by atoms with E-state index in [-0.39, 0.29) is 11.3 Å². The summed E-state index contributed by atoms with van der Waals surface area (Å²) in [6.45, 7) is 5.86. The van der Waals surface area contributed by atoms with Gasteiger partial charge in [-0.2, -0.15) is 5.26 Å². The Bertz CT molecular complexity index is 672. The van der Waals surface area contributed by atoms with Gasteiger partial charge in [-0.3, -0.25) is 10.1 Å². The number of fused-ring (bicyclic) bond motifs is 1. The predicted octanol–water partition coefficient (Wildman–Crippen LogP) is 2.02. The molecule has 1 fully saturated rings.